The standard InChI is InChI=1S/C17H26N6O3.CH3Cl/c1-9-13-14(23(5)8-12(24)21-13)22-15(18-9)19-10-6-11(7-10)20-16(25)26-17(2,3)4;1-2/h10-11H,6-8H2,1-5H3,(H,20,25)(H,21,24)(H,18,19,22);1H3. The molecule has 0 bridgehead atoms. The lowest BCUT2D eigenvalue weighted by Crippen LogP contribution is -2.51. The van der Waals surface area contributed by atoms with Crippen LogP contribution in [0.1, 0.15) is 39.3 Å². The summed E-state index contributed by atoms with van der Waals surface area (Å²) in [5, 5.41) is 8.98. The maximum absolute atomic E-state index is 11.8. The van der Waals surface area contributed by atoms with Gasteiger partial charge in [-0.1, -0.05) is 0 Å². The predicted molar refractivity (Wildman–Crippen MR) is 110 cm³/mol. The van der Waals surface area contributed by atoms with Crippen LogP contribution in [0.15, 0.2) is 0 Å². The summed E-state index contributed by atoms with van der Waals surface area (Å²) in [6.07, 6.45) is 2.65. The Kier molecular flexibility index (Phi) is 6.92. The number of alkyl halides is 1. The molecule has 3 rings (SSSR count). The van der Waals surface area contributed by atoms with Crippen LogP contribution in [-0.2, 0) is 9.53 Å². The lowest BCUT2D eigenvalue weighted by atomic mass is 9.87. The van der Waals surface area contributed by atoms with Crippen molar-refractivity contribution < 1.29 is 14.3 Å². The van der Waals surface area contributed by atoms with E-state index < -0.39 is 5.60 Å². The molecule has 9 nitrogen and oxygen atoms in total. The third-order valence-electron chi connectivity index (χ3n) is 4.27. The molecule has 1 aliphatic carbocycles. The maximum atomic E-state index is 11.8. The Labute approximate surface area is 170 Å². The minimum absolute atomic E-state index is 0.0672. The zero-order valence-electron chi connectivity index (χ0n) is 17.2. The molecule has 2 aliphatic rings. The highest BCUT2D eigenvalue weighted by Crippen LogP contribution is 2.31. The molecule has 10 heteroatoms. The molecule has 0 unspecified atom stereocenters. The summed E-state index contributed by atoms with van der Waals surface area (Å²) in [7, 11) is 1.83. The molecule has 3 N–H and O–H groups in total. The molecule has 1 aromatic heterocycles. The number of hydrogen-bond acceptors (Lipinski definition) is 7. The van der Waals surface area contributed by atoms with Crippen molar-refractivity contribution in [3.8, 4) is 0 Å². The molecule has 1 aromatic rings. The molecule has 0 aromatic carbocycles. The monoisotopic (exact) mass is 412 g/mol. The fourth-order valence-electron chi connectivity index (χ4n) is 3.02. The molecule has 1 fully saturated rings. The summed E-state index contributed by atoms with van der Waals surface area (Å²) in [6.45, 7) is 7.64. The van der Waals surface area contributed by atoms with Crippen LogP contribution in [-0.4, -0.2) is 59.6 Å². The minimum atomic E-state index is -0.499. The molecule has 0 atom stereocenters. The number of carbonyl (C=O) groups is 2. The topological polar surface area (TPSA) is 108 Å². The van der Waals surface area contributed by atoms with Gasteiger partial charge >= 0.3 is 6.09 Å². The van der Waals surface area contributed by atoms with Gasteiger partial charge in [0.1, 0.15) is 11.3 Å². The minimum Gasteiger partial charge on any atom is -0.444 e. The first-order valence-electron chi connectivity index (χ1n) is 9.14. The van der Waals surface area contributed by atoms with Gasteiger partial charge < -0.3 is 25.6 Å². The van der Waals surface area contributed by atoms with Crippen LogP contribution in [0.4, 0.5) is 22.2 Å². The lowest BCUT2D eigenvalue weighted by Gasteiger charge is -2.37. The van der Waals surface area contributed by atoms with Crippen molar-refractivity contribution >= 4 is 41.1 Å². The number of nitrogens with zero attached hydrogens (tertiary/aromatic N) is 3. The van der Waals surface area contributed by atoms with Gasteiger partial charge in [-0.05, 0) is 40.5 Å². The van der Waals surface area contributed by atoms with E-state index in [2.05, 4.69) is 37.5 Å². The molecular formula is C18H29ClN6O3. The number of aryl methyl sites for hydroxylation is 1. The number of fused-ring (bicyclic) bond motifs is 1. The van der Waals surface area contributed by atoms with Crippen LogP contribution in [0.5, 0.6) is 0 Å². The lowest BCUT2D eigenvalue weighted by molar-refractivity contribution is -0.115. The summed E-state index contributed by atoms with van der Waals surface area (Å²) in [4.78, 5) is 34.2. The van der Waals surface area contributed by atoms with Crippen molar-refractivity contribution in [2.45, 2.75) is 58.2 Å². The van der Waals surface area contributed by atoms with Crippen molar-refractivity contribution in [3.05, 3.63) is 5.69 Å². The molecule has 2 heterocycles. The van der Waals surface area contributed by atoms with Crippen molar-refractivity contribution in [2.24, 2.45) is 0 Å². The number of halogens is 1. The van der Waals surface area contributed by atoms with E-state index >= 15 is 0 Å². The number of anilines is 3. The summed E-state index contributed by atoms with van der Waals surface area (Å²) >= 11 is 4.64. The van der Waals surface area contributed by atoms with Gasteiger partial charge in [0.15, 0.2) is 5.82 Å². The molecule has 0 spiro atoms. The van der Waals surface area contributed by atoms with Crippen LogP contribution < -0.4 is 20.9 Å². The third kappa shape index (κ3) is 5.60. The Bertz CT molecular complexity index is 731. The number of alkyl carbamates (subject to hydrolysis) is 1. The summed E-state index contributed by atoms with van der Waals surface area (Å²) in [5.41, 5.74) is 0.883. The quantitative estimate of drug-likeness (QED) is 0.654. The largest absolute Gasteiger partial charge is 0.444 e. The second-order valence-electron chi connectivity index (χ2n) is 7.89. The molecule has 0 radical (unpaired) electrons. The maximum Gasteiger partial charge on any atom is 0.407 e. The first-order valence-corrected chi connectivity index (χ1v) is 9.90. The van der Waals surface area contributed by atoms with Crippen LogP contribution in [0.2, 0.25) is 0 Å². The van der Waals surface area contributed by atoms with E-state index in [4.69, 9.17) is 4.74 Å². The van der Waals surface area contributed by atoms with Gasteiger partial charge in [-0.3, -0.25) is 4.79 Å². The first kappa shape index (κ1) is 22.0. The molecule has 28 heavy (non-hydrogen) atoms. The molecule has 1 saturated carbocycles. The van der Waals surface area contributed by atoms with Crippen LogP contribution >= 0.6 is 11.6 Å². The van der Waals surface area contributed by atoms with Gasteiger partial charge in [0.25, 0.3) is 0 Å². The first-order chi connectivity index (χ1) is 13.1. The second kappa shape index (κ2) is 8.81. The Balaban J connectivity index is 0.00000136. The number of likely N-dealkylation sites (N-methyl/N-ethyl adjacent to an activating group) is 1. The second-order valence-corrected chi connectivity index (χ2v) is 7.89. The predicted octanol–water partition coefficient (Wildman–Crippen LogP) is 2.50. The fourth-order valence-corrected chi connectivity index (χ4v) is 3.02. The summed E-state index contributed by atoms with van der Waals surface area (Å²) < 4.78 is 5.26. The Hall–Kier alpha value is -2.29. The van der Waals surface area contributed by atoms with Crippen LogP contribution in [0.25, 0.3) is 0 Å². The number of nitrogens with one attached hydrogen (secondary N) is 3. The zero-order chi connectivity index (χ0) is 21.1. The third-order valence-corrected chi connectivity index (χ3v) is 4.27. The number of aromatic nitrogens is 2. The van der Waals surface area contributed by atoms with Gasteiger partial charge in [0, 0.05) is 25.5 Å². The molecule has 0 saturated heterocycles. The van der Waals surface area contributed by atoms with E-state index in [1.165, 1.54) is 6.38 Å². The van der Waals surface area contributed by atoms with E-state index in [1.54, 1.807) is 0 Å². The van der Waals surface area contributed by atoms with E-state index in [9.17, 15) is 9.59 Å². The molecule has 1 aliphatic heterocycles. The highest BCUT2D eigenvalue weighted by Gasteiger charge is 2.33. The van der Waals surface area contributed by atoms with E-state index in [0.29, 0.717) is 17.5 Å². The van der Waals surface area contributed by atoms with E-state index in [1.807, 2.05) is 39.6 Å². The van der Waals surface area contributed by atoms with Gasteiger partial charge in [0.05, 0.1) is 12.2 Å². The van der Waals surface area contributed by atoms with Crippen LogP contribution in [0.3, 0.4) is 0 Å². The SMILES string of the molecule is CCl.Cc1nc(NC2CC(NC(=O)OC(C)(C)C)C2)nc2c1NC(=O)CN2C. The van der Waals surface area contributed by atoms with Gasteiger partial charge in [0.2, 0.25) is 11.9 Å². The smallest absolute Gasteiger partial charge is 0.407 e. The summed E-state index contributed by atoms with van der Waals surface area (Å²) in [5.74, 6) is 1.18. The van der Waals surface area contributed by atoms with E-state index in [-0.39, 0.29) is 30.6 Å². The van der Waals surface area contributed by atoms with Crippen molar-refractivity contribution in [1.82, 2.24) is 15.3 Å². The molecule has 2 amide bonds. The number of rotatable bonds is 3. The summed E-state index contributed by atoms with van der Waals surface area (Å²) in [6, 6.07) is 0.277. The average Bonchev–Trinajstić information content (AvgIpc) is 2.54. The number of ether oxygens (including phenoxy) is 1. The average molecular weight is 413 g/mol. The van der Waals surface area contributed by atoms with Crippen molar-refractivity contribution in [1.29, 1.82) is 0 Å². The van der Waals surface area contributed by atoms with Gasteiger partial charge in [-0.25, -0.2) is 9.78 Å². The van der Waals surface area contributed by atoms with Crippen molar-refractivity contribution in [2.75, 3.05) is 35.5 Å². The van der Waals surface area contributed by atoms with Gasteiger partial charge in [-0.2, -0.15) is 4.98 Å². The zero-order valence-corrected chi connectivity index (χ0v) is 18.0. The Morgan fingerprint density at radius 3 is 2.50 bits per heavy atom. The number of amides is 2. The number of hydrogen-bond donors (Lipinski definition) is 3. The molecule has 156 valence electrons. The van der Waals surface area contributed by atoms with Crippen LogP contribution in [0, 0.1) is 6.92 Å². The molecular weight excluding hydrogens is 384 g/mol. The number of carbonyl (C=O) groups excluding carboxylic acids is 2. The Morgan fingerprint density at radius 2 is 1.89 bits per heavy atom. The normalized spacial score (nSPS) is 20.7. The van der Waals surface area contributed by atoms with E-state index in [0.717, 1.165) is 18.5 Å². The highest BCUT2D eigenvalue weighted by molar-refractivity contribution is 6.15. The van der Waals surface area contributed by atoms with Gasteiger partial charge in [-0.15, -0.1) is 11.6 Å². The fraction of sp³-hybridized carbons (Fsp3) is 0.667. The highest BCUT2D eigenvalue weighted by atomic mass is 35.5. The Morgan fingerprint density at radius 1 is 1.25 bits per heavy atom. The van der Waals surface area contributed by atoms with Crippen molar-refractivity contribution in [3.63, 3.8) is 0 Å².